The van der Waals surface area contributed by atoms with Crippen LogP contribution in [-0.2, 0) is 50.7 Å². The van der Waals surface area contributed by atoms with Crippen molar-refractivity contribution in [1.29, 1.82) is 0 Å². The zero-order valence-electron chi connectivity index (χ0n) is 45.3. The van der Waals surface area contributed by atoms with Crippen LogP contribution in [0.1, 0.15) is 118 Å². The van der Waals surface area contributed by atoms with E-state index in [9.17, 15) is 73.2 Å². The van der Waals surface area contributed by atoms with E-state index in [0.717, 1.165) is 80.4 Å². The predicted molar refractivity (Wildman–Crippen MR) is 283 cm³/mol. The molecule has 31 heteroatoms. The van der Waals surface area contributed by atoms with Gasteiger partial charge >= 0.3 is 23.5 Å². The van der Waals surface area contributed by atoms with Crippen LogP contribution in [0.3, 0.4) is 0 Å². The molecule has 5 aliphatic rings. The second kappa shape index (κ2) is 25.3. The zero-order chi connectivity index (χ0) is 58.2. The molecule has 0 bridgehead atoms. The number of aliphatic hydroxyl groups excluding tert-OH is 5. The van der Waals surface area contributed by atoms with Gasteiger partial charge in [0.1, 0.15) is 36.3 Å². The Morgan fingerprint density at radius 2 is 1.65 bits per heavy atom. The van der Waals surface area contributed by atoms with Gasteiger partial charge < -0.3 is 66.2 Å². The molecule has 1 saturated heterocycles. The van der Waals surface area contributed by atoms with Gasteiger partial charge in [0.05, 0.1) is 37.9 Å². The first-order valence-electron chi connectivity index (χ1n) is 26.9. The van der Waals surface area contributed by atoms with E-state index in [2.05, 4.69) is 55.2 Å². The number of phosphoric ester groups is 3. The number of amides is 2. The van der Waals surface area contributed by atoms with E-state index in [0.29, 0.717) is 30.4 Å². The van der Waals surface area contributed by atoms with Crippen molar-refractivity contribution in [2.45, 2.75) is 161 Å². The van der Waals surface area contributed by atoms with Gasteiger partial charge in [0.15, 0.2) is 22.8 Å². The minimum absolute atomic E-state index is 0.00814. The molecule has 2 unspecified atom stereocenters. The maximum absolute atomic E-state index is 13.1. The number of thioether (sulfide) groups is 1. The van der Waals surface area contributed by atoms with Crippen LogP contribution in [0.5, 0.6) is 0 Å². The second-order valence-electron chi connectivity index (χ2n) is 23.6. The topological polar surface area (TPSA) is 424 Å². The van der Waals surface area contributed by atoms with E-state index in [1.165, 1.54) is 13.8 Å². The van der Waals surface area contributed by atoms with Crippen LogP contribution in [0.15, 0.2) is 12.7 Å². The van der Waals surface area contributed by atoms with Crippen LogP contribution < -0.4 is 16.4 Å². The summed E-state index contributed by atoms with van der Waals surface area (Å²) < 4.78 is 62.8. The van der Waals surface area contributed by atoms with E-state index in [4.69, 9.17) is 19.5 Å². The van der Waals surface area contributed by atoms with Gasteiger partial charge in [-0.05, 0) is 97.7 Å². The van der Waals surface area contributed by atoms with Crippen LogP contribution in [0.2, 0.25) is 0 Å². The molecule has 19 atom stereocenters. The molecule has 27 nitrogen and oxygen atoms in total. The van der Waals surface area contributed by atoms with Crippen LogP contribution >= 0.6 is 35.2 Å². The van der Waals surface area contributed by atoms with Crippen LogP contribution in [0.25, 0.3) is 11.2 Å². The Morgan fingerprint density at radius 3 is 2.35 bits per heavy atom. The smallest absolute Gasteiger partial charge is 0.393 e. The quantitative estimate of drug-likeness (QED) is 0.0502. The summed E-state index contributed by atoms with van der Waals surface area (Å²) in [5, 5.41) is 60.8. The molecule has 1 aliphatic heterocycles. The summed E-state index contributed by atoms with van der Waals surface area (Å²) in [6.45, 7) is 9.17. The highest BCUT2D eigenvalue weighted by atomic mass is 32.2. The number of phosphoric acid groups is 3. The van der Waals surface area contributed by atoms with Crippen LogP contribution in [0, 0.1) is 57.7 Å². The van der Waals surface area contributed by atoms with Gasteiger partial charge in [-0.1, -0.05) is 66.1 Å². The summed E-state index contributed by atoms with van der Waals surface area (Å²) in [5.41, 5.74) is 3.98. The summed E-state index contributed by atoms with van der Waals surface area (Å²) in [5.74, 6) is 0.168. The molecule has 3 heterocycles. The molecule has 5 fully saturated rings. The van der Waals surface area contributed by atoms with Gasteiger partial charge in [-0.3, -0.25) is 32.5 Å². The van der Waals surface area contributed by atoms with Crippen molar-refractivity contribution >= 4 is 69.1 Å². The monoisotopic (exact) mass is 1200 g/mol. The van der Waals surface area contributed by atoms with Crippen molar-refractivity contribution in [2.24, 2.45) is 57.7 Å². The van der Waals surface area contributed by atoms with Gasteiger partial charge in [0.25, 0.3) is 0 Å². The molecular formula is C48H80N7O20P3S. The number of imidazole rings is 1. The molecule has 0 radical (unpaired) electrons. The molecule has 79 heavy (non-hydrogen) atoms. The van der Waals surface area contributed by atoms with Gasteiger partial charge in [0, 0.05) is 36.6 Å². The Labute approximate surface area is 462 Å². The van der Waals surface area contributed by atoms with E-state index >= 15 is 0 Å². The maximum Gasteiger partial charge on any atom is 0.481 e. The molecule has 448 valence electrons. The number of hydrogen-bond acceptors (Lipinski definition) is 21. The Morgan fingerprint density at radius 1 is 0.937 bits per heavy atom. The second-order valence-corrected chi connectivity index (χ2v) is 28.9. The molecule has 2 aromatic rings. The number of carbonyl (C=O) groups is 3. The number of rotatable bonds is 25. The van der Waals surface area contributed by atoms with E-state index in [-0.39, 0.29) is 88.1 Å². The Kier molecular flexibility index (Phi) is 20.5. The number of carbonyl (C=O) groups excluding carboxylic acids is 3. The highest BCUT2D eigenvalue weighted by Gasteiger charge is 2.66. The zero-order valence-corrected chi connectivity index (χ0v) is 48.8. The fourth-order valence-corrected chi connectivity index (χ4v) is 17.3. The van der Waals surface area contributed by atoms with Gasteiger partial charge in [-0.15, -0.1) is 0 Å². The first-order chi connectivity index (χ1) is 36.8. The summed E-state index contributed by atoms with van der Waals surface area (Å²) in [4.78, 5) is 89.9. The van der Waals surface area contributed by atoms with Crippen molar-refractivity contribution in [3.8, 4) is 0 Å². The largest absolute Gasteiger partial charge is 0.481 e. The van der Waals surface area contributed by atoms with Gasteiger partial charge in [-0.2, -0.15) is 4.31 Å². The van der Waals surface area contributed by atoms with Crippen molar-refractivity contribution in [3.05, 3.63) is 12.7 Å². The normalized spacial score (nSPS) is 34.6. The fraction of sp³-hybridized carbons (Fsp3) is 0.833. The van der Waals surface area contributed by atoms with Crippen LogP contribution in [0.4, 0.5) is 5.82 Å². The number of nitrogens with zero attached hydrogens (tertiary/aromatic N) is 4. The lowest BCUT2D eigenvalue weighted by atomic mass is 9.43. The SMILES string of the molecule is C[C@H](CCC[C@@H](C)[C@H]1CC[C@H]2[C@@H]3[C@H](O)C[C@@H]4C[C@H](O)CC[C@]4(C)[C@H]3C[C@H](O)[C@]12C)C(=O)SCCNC(=O)CCNC(=O)[C@H](O)C(C)(C)COP(=O)(O)OP(=O)(O)OC[C@H]1O[C@@H](n2cnc3c(N)ncnc32)[C@H](O)[C@@H]1OP(=O)(O)O. The number of nitrogens with one attached hydrogen (secondary N) is 2. The number of nitrogen functional groups attached to an aromatic ring is 1. The Balaban J connectivity index is 0.770. The van der Waals surface area contributed by atoms with Crippen molar-refractivity contribution in [3.63, 3.8) is 0 Å². The molecule has 2 aromatic heterocycles. The lowest BCUT2D eigenvalue weighted by molar-refractivity contribution is -0.207. The molecule has 0 aromatic carbocycles. The third-order valence-electron chi connectivity index (χ3n) is 18.0. The predicted octanol–water partition coefficient (Wildman–Crippen LogP) is 3.07. The number of hydrogen-bond donors (Lipinski definition) is 12. The molecule has 13 N–H and O–H groups in total. The summed E-state index contributed by atoms with van der Waals surface area (Å²) in [7, 11) is -16.5. The Hall–Kier alpha value is -2.56. The fourth-order valence-electron chi connectivity index (χ4n) is 13.6. The molecule has 0 spiro atoms. The highest BCUT2D eigenvalue weighted by Crippen LogP contribution is 2.69. The average molecular weight is 1200 g/mol. The van der Waals surface area contributed by atoms with Crippen LogP contribution in [-0.4, -0.2) is 156 Å². The minimum Gasteiger partial charge on any atom is -0.393 e. The summed E-state index contributed by atoms with van der Waals surface area (Å²) in [6, 6.07) is 0. The Bertz CT molecular complexity index is 2640. The first kappa shape index (κ1) is 64.0. The van der Waals surface area contributed by atoms with E-state index < -0.39 is 96.8 Å². The van der Waals surface area contributed by atoms with E-state index in [1.54, 1.807) is 0 Å². The first-order valence-corrected chi connectivity index (χ1v) is 32.4. The number of fused-ring (bicyclic) bond motifs is 6. The molecule has 2 amide bonds. The average Bonchev–Trinajstić information content (AvgIpc) is 3.87. The lowest BCUT2D eigenvalue weighted by Gasteiger charge is -2.63. The number of nitrogens with two attached hydrogens (primary N) is 1. The minimum atomic E-state index is -5.60. The third kappa shape index (κ3) is 14.7. The molecular weight excluding hydrogens is 1120 g/mol. The number of aromatic nitrogens is 4. The maximum atomic E-state index is 13.1. The summed E-state index contributed by atoms with van der Waals surface area (Å²) >= 11 is 1.12. The standard InChI is InChI=1S/C48H80N7O20P3S/c1-25(29-10-11-30-36-31(20-34(58)48(29,30)6)47(5)14-12-28(56)18-27(47)19-32(36)57)8-7-9-26(2)45(63)79-17-16-50-35(59)13-15-51-43(62)40(61)46(3,4)22-72-78(69,70)75-77(67,68)71-21-33-39(74-76(64,65)66)38(60)44(73-33)55-24-54-37-41(49)52-23-53-42(37)55/h23-34,36,38-40,44,56-58,60-61H,7-22H2,1-6H3,(H,50,59)(H,51,62)(H,67,68)(H,69,70)(H2,49,52,53)(H2,64,65,66)/t25-,26-,27+,28-,29-,30+,31+,32-,33-,34+,36+,38-,39-,40+,44-,47+,48-/m1/s1. The lowest BCUT2D eigenvalue weighted by Crippen LogP contribution is -2.62. The summed E-state index contributed by atoms with van der Waals surface area (Å²) in [6.07, 6.45) is 0.0812. The number of anilines is 1. The third-order valence-corrected chi connectivity index (χ3v) is 22.2. The highest BCUT2D eigenvalue weighted by molar-refractivity contribution is 8.13. The van der Waals surface area contributed by atoms with E-state index in [1.807, 2.05) is 6.92 Å². The van der Waals surface area contributed by atoms with Crippen molar-refractivity contribution in [1.82, 2.24) is 30.2 Å². The van der Waals surface area contributed by atoms with Crippen molar-refractivity contribution in [2.75, 3.05) is 37.8 Å². The van der Waals surface area contributed by atoms with Gasteiger partial charge in [-0.25, -0.2) is 28.6 Å². The number of aliphatic hydroxyl groups is 5. The number of ether oxygens (including phenoxy) is 1. The van der Waals surface area contributed by atoms with Crippen molar-refractivity contribution < 1.29 is 95.8 Å². The van der Waals surface area contributed by atoms with Gasteiger partial charge in [0.2, 0.25) is 11.8 Å². The molecule has 4 saturated carbocycles. The molecule has 7 rings (SSSR count). The molecule has 4 aliphatic carbocycles.